The molecular formula is C12H15F2N3O. The highest BCUT2D eigenvalue weighted by Crippen LogP contribution is 2.19. The summed E-state index contributed by atoms with van der Waals surface area (Å²) in [6.07, 6.45) is 0. The highest BCUT2D eigenvalue weighted by atomic mass is 19.2. The molecule has 0 saturated heterocycles. The lowest BCUT2D eigenvalue weighted by Crippen LogP contribution is -2.13. The first kappa shape index (κ1) is 12.9. The van der Waals surface area contributed by atoms with Crippen molar-refractivity contribution in [3.63, 3.8) is 0 Å². The summed E-state index contributed by atoms with van der Waals surface area (Å²) < 4.78 is 33.4. The lowest BCUT2D eigenvalue weighted by atomic mass is 10.3. The van der Waals surface area contributed by atoms with Gasteiger partial charge in [-0.3, -0.25) is 0 Å². The standard InChI is InChI=1S/C12H15F2N3O/c1-8-16-11-6-9(13)10(14)7-12(11)17(8)3-5-18-4-2-15/h6-7H,2-5,15H2,1H3. The molecule has 98 valence electrons. The number of aryl methyl sites for hydroxylation is 1. The molecule has 2 rings (SSSR count). The number of fused-ring (bicyclic) bond motifs is 1. The summed E-state index contributed by atoms with van der Waals surface area (Å²) in [6, 6.07) is 2.27. The summed E-state index contributed by atoms with van der Waals surface area (Å²) in [6.45, 7) is 3.73. The van der Waals surface area contributed by atoms with Gasteiger partial charge in [0.25, 0.3) is 0 Å². The topological polar surface area (TPSA) is 53.1 Å². The van der Waals surface area contributed by atoms with E-state index in [1.165, 1.54) is 0 Å². The molecule has 0 radical (unpaired) electrons. The Morgan fingerprint density at radius 1 is 1.28 bits per heavy atom. The SMILES string of the molecule is Cc1nc2cc(F)c(F)cc2n1CCOCCN. The zero-order valence-electron chi connectivity index (χ0n) is 10.1. The van der Waals surface area contributed by atoms with Gasteiger partial charge in [-0.1, -0.05) is 0 Å². The highest BCUT2D eigenvalue weighted by Gasteiger charge is 2.11. The summed E-state index contributed by atoms with van der Waals surface area (Å²) in [5.41, 5.74) is 6.33. The van der Waals surface area contributed by atoms with Crippen molar-refractivity contribution in [2.75, 3.05) is 19.8 Å². The van der Waals surface area contributed by atoms with E-state index in [1.54, 1.807) is 11.5 Å². The zero-order valence-corrected chi connectivity index (χ0v) is 10.1. The summed E-state index contributed by atoms with van der Waals surface area (Å²) >= 11 is 0. The summed E-state index contributed by atoms with van der Waals surface area (Å²) in [4.78, 5) is 4.19. The van der Waals surface area contributed by atoms with Crippen molar-refractivity contribution >= 4 is 11.0 Å². The first-order valence-electron chi connectivity index (χ1n) is 5.73. The molecule has 6 heteroatoms. The minimum absolute atomic E-state index is 0.449. The third kappa shape index (κ3) is 2.49. The van der Waals surface area contributed by atoms with Crippen LogP contribution >= 0.6 is 0 Å². The largest absolute Gasteiger partial charge is 0.378 e. The Labute approximate surface area is 103 Å². The Hall–Kier alpha value is -1.53. The van der Waals surface area contributed by atoms with Crippen molar-refractivity contribution in [2.45, 2.75) is 13.5 Å². The van der Waals surface area contributed by atoms with Gasteiger partial charge < -0.3 is 15.0 Å². The van der Waals surface area contributed by atoms with Gasteiger partial charge in [0.05, 0.1) is 24.2 Å². The van der Waals surface area contributed by atoms with Gasteiger partial charge in [0.1, 0.15) is 5.82 Å². The molecular weight excluding hydrogens is 240 g/mol. The van der Waals surface area contributed by atoms with E-state index in [1.807, 2.05) is 0 Å². The number of rotatable bonds is 5. The number of nitrogens with zero attached hydrogens (tertiary/aromatic N) is 2. The van der Waals surface area contributed by atoms with Crippen molar-refractivity contribution in [1.82, 2.24) is 9.55 Å². The van der Waals surface area contributed by atoms with E-state index in [0.29, 0.717) is 43.2 Å². The smallest absolute Gasteiger partial charge is 0.161 e. The van der Waals surface area contributed by atoms with Crippen LogP contribution in [-0.2, 0) is 11.3 Å². The maximum atomic E-state index is 13.2. The maximum Gasteiger partial charge on any atom is 0.161 e. The van der Waals surface area contributed by atoms with Crippen LogP contribution in [0, 0.1) is 18.6 Å². The molecule has 0 aliphatic heterocycles. The van der Waals surface area contributed by atoms with E-state index < -0.39 is 11.6 Å². The lowest BCUT2D eigenvalue weighted by molar-refractivity contribution is 0.133. The Kier molecular flexibility index (Phi) is 3.88. The maximum absolute atomic E-state index is 13.2. The Morgan fingerprint density at radius 3 is 2.72 bits per heavy atom. The van der Waals surface area contributed by atoms with Gasteiger partial charge >= 0.3 is 0 Å². The third-order valence-corrected chi connectivity index (χ3v) is 2.70. The fraction of sp³-hybridized carbons (Fsp3) is 0.417. The summed E-state index contributed by atoms with van der Waals surface area (Å²) in [5, 5.41) is 0. The average Bonchev–Trinajstić information content (AvgIpc) is 2.62. The van der Waals surface area contributed by atoms with Gasteiger partial charge in [0.2, 0.25) is 0 Å². The number of halogens is 2. The van der Waals surface area contributed by atoms with Gasteiger partial charge in [-0.2, -0.15) is 0 Å². The van der Waals surface area contributed by atoms with E-state index in [2.05, 4.69) is 4.98 Å². The molecule has 0 fully saturated rings. The monoisotopic (exact) mass is 255 g/mol. The summed E-state index contributed by atoms with van der Waals surface area (Å²) in [7, 11) is 0. The predicted octanol–water partition coefficient (Wildman–Crippen LogP) is 1.60. The first-order valence-corrected chi connectivity index (χ1v) is 5.73. The van der Waals surface area contributed by atoms with E-state index in [9.17, 15) is 8.78 Å². The van der Waals surface area contributed by atoms with Gasteiger partial charge in [-0.05, 0) is 6.92 Å². The molecule has 0 spiro atoms. The molecule has 0 bridgehead atoms. The minimum Gasteiger partial charge on any atom is -0.378 e. The van der Waals surface area contributed by atoms with Gasteiger partial charge in [0, 0.05) is 25.2 Å². The van der Waals surface area contributed by atoms with Crippen LogP contribution in [0.2, 0.25) is 0 Å². The molecule has 2 aromatic rings. The number of nitrogens with two attached hydrogens (primary N) is 1. The minimum atomic E-state index is -0.883. The van der Waals surface area contributed by atoms with Crippen molar-refractivity contribution in [3.8, 4) is 0 Å². The highest BCUT2D eigenvalue weighted by molar-refractivity contribution is 5.76. The Morgan fingerprint density at radius 2 is 2.00 bits per heavy atom. The molecule has 0 saturated carbocycles. The Bertz CT molecular complexity index is 554. The zero-order chi connectivity index (χ0) is 13.1. The third-order valence-electron chi connectivity index (χ3n) is 2.70. The number of hydrogen-bond donors (Lipinski definition) is 1. The van der Waals surface area contributed by atoms with E-state index in [0.717, 1.165) is 12.1 Å². The van der Waals surface area contributed by atoms with Gasteiger partial charge in [0.15, 0.2) is 11.6 Å². The molecule has 1 aromatic carbocycles. The first-order chi connectivity index (χ1) is 8.63. The molecule has 0 atom stereocenters. The van der Waals surface area contributed by atoms with Crippen molar-refractivity contribution in [2.24, 2.45) is 5.73 Å². The van der Waals surface area contributed by atoms with Crippen LogP contribution in [0.1, 0.15) is 5.82 Å². The molecule has 4 nitrogen and oxygen atoms in total. The van der Waals surface area contributed by atoms with Crippen molar-refractivity contribution in [1.29, 1.82) is 0 Å². The Balaban J connectivity index is 2.26. The molecule has 0 amide bonds. The number of hydrogen-bond acceptors (Lipinski definition) is 3. The normalized spacial score (nSPS) is 11.3. The second-order valence-electron chi connectivity index (χ2n) is 3.97. The van der Waals surface area contributed by atoms with Crippen LogP contribution in [0.25, 0.3) is 11.0 Å². The number of aromatic nitrogens is 2. The van der Waals surface area contributed by atoms with Crippen LogP contribution in [0.15, 0.2) is 12.1 Å². The molecule has 2 N–H and O–H groups in total. The second-order valence-corrected chi connectivity index (χ2v) is 3.97. The fourth-order valence-electron chi connectivity index (χ4n) is 1.86. The van der Waals surface area contributed by atoms with Crippen LogP contribution < -0.4 is 5.73 Å². The predicted molar refractivity (Wildman–Crippen MR) is 64.3 cm³/mol. The molecule has 0 aliphatic rings. The van der Waals surface area contributed by atoms with Crippen molar-refractivity contribution in [3.05, 3.63) is 29.6 Å². The van der Waals surface area contributed by atoms with E-state index >= 15 is 0 Å². The van der Waals surface area contributed by atoms with Gasteiger partial charge in [-0.15, -0.1) is 0 Å². The number of ether oxygens (including phenoxy) is 1. The van der Waals surface area contributed by atoms with Crippen LogP contribution in [-0.4, -0.2) is 29.3 Å². The molecule has 1 aromatic heterocycles. The molecule has 0 unspecified atom stereocenters. The fourth-order valence-corrected chi connectivity index (χ4v) is 1.86. The van der Waals surface area contributed by atoms with E-state index in [4.69, 9.17) is 10.5 Å². The van der Waals surface area contributed by atoms with E-state index in [-0.39, 0.29) is 0 Å². The van der Waals surface area contributed by atoms with Gasteiger partial charge in [-0.25, -0.2) is 13.8 Å². The number of benzene rings is 1. The quantitative estimate of drug-likeness (QED) is 0.826. The van der Waals surface area contributed by atoms with Crippen LogP contribution in [0.3, 0.4) is 0 Å². The molecule has 0 aliphatic carbocycles. The number of imidazole rings is 1. The van der Waals surface area contributed by atoms with Crippen molar-refractivity contribution < 1.29 is 13.5 Å². The average molecular weight is 255 g/mol. The van der Waals surface area contributed by atoms with Crippen LogP contribution in [0.5, 0.6) is 0 Å². The lowest BCUT2D eigenvalue weighted by Gasteiger charge is -2.07. The van der Waals surface area contributed by atoms with Crippen LogP contribution in [0.4, 0.5) is 8.78 Å². The summed E-state index contributed by atoms with van der Waals surface area (Å²) in [5.74, 6) is -1.05. The molecule has 18 heavy (non-hydrogen) atoms. The molecule has 1 heterocycles. The second kappa shape index (κ2) is 5.41.